The van der Waals surface area contributed by atoms with Gasteiger partial charge in [0.15, 0.2) is 11.5 Å². The number of hydrogen-bond acceptors (Lipinski definition) is 3. The van der Waals surface area contributed by atoms with Crippen LogP contribution >= 0.6 is 15.9 Å². The molecule has 0 aromatic heterocycles. The molecule has 2 aromatic rings. The highest BCUT2D eigenvalue weighted by molar-refractivity contribution is 9.10. The first kappa shape index (κ1) is 14.8. The highest BCUT2D eigenvalue weighted by Gasteiger charge is 2.12. The van der Waals surface area contributed by atoms with Gasteiger partial charge in [-0.2, -0.15) is 0 Å². The fourth-order valence-electron chi connectivity index (χ4n) is 1.82. The highest BCUT2D eigenvalue weighted by atomic mass is 79.9. The predicted molar refractivity (Wildman–Crippen MR) is 77.3 cm³/mol. The first-order chi connectivity index (χ1) is 9.67. The van der Waals surface area contributed by atoms with Crippen molar-refractivity contribution in [2.75, 3.05) is 7.11 Å². The smallest absolute Gasteiger partial charge is 0.167 e. The van der Waals surface area contributed by atoms with Crippen LogP contribution in [0.15, 0.2) is 40.9 Å². The Morgan fingerprint density at radius 2 is 1.85 bits per heavy atom. The molecule has 0 atom stereocenters. The molecule has 5 heteroatoms. The van der Waals surface area contributed by atoms with Gasteiger partial charge in [-0.05, 0) is 28.1 Å². The van der Waals surface area contributed by atoms with E-state index < -0.39 is 0 Å². The van der Waals surface area contributed by atoms with Gasteiger partial charge >= 0.3 is 0 Å². The minimum Gasteiger partial charge on any atom is -0.493 e. The Balaban J connectivity index is 2.24. The Labute approximate surface area is 125 Å². The molecule has 0 saturated heterocycles. The Morgan fingerprint density at radius 1 is 1.15 bits per heavy atom. The molecule has 0 saturated carbocycles. The van der Waals surface area contributed by atoms with Crippen molar-refractivity contribution in [3.8, 4) is 11.5 Å². The summed E-state index contributed by atoms with van der Waals surface area (Å²) in [5.74, 6) is 0.659. The lowest BCUT2D eigenvalue weighted by Crippen LogP contribution is -2.02. The fraction of sp³-hybridized carbons (Fsp3) is 0.200. The minimum atomic E-state index is -0.339. The number of aliphatic hydroxyl groups excluding tert-OH is 1. The molecule has 0 bridgehead atoms. The van der Waals surface area contributed by atoms with Crippen LogP contribution in [-0.4, -0.2) is 12.2 Å². The first-order valence-corrected chi connectivity index (χ1v) is 6.79. The van der Waals surface area contributed by atoms with Crippen molar-refractivity contribution in [3.63, 3.8) is 0 Å². The molecule has 0 radical (unpaired) electrons. The van der Waals surface area contributed by atoms with E-state index in [2.05, 4.69) is 15.9 Å². The Hall–Kier alpha value is -1.59. The number of methoxy groups -OCH3 is 1. The second kappa shape index (κ2) is 6.72. The van der Waals surface area contributed by atoms with Gasteiger partial charge in [-0.25, -0.2) is 4.39 Å². The van der Waals surface area contributed by atoms with Gasteiger partial charge in [0.2, 0.25) is 0 Å². The van der Waals surface area contributed by atoms with Crippen molar-refractivity contribution in [2.24, 2.45) is 0 Å². The number of aliphatic hydroxyl groups is 1. The van der Waals surface area contributed by atoms with Crippen LogP contribution in [0.4, 0.5) is 4.39 Å². The molecule has 0 heterocycles. The van der Waals surface area contributed by atoms with E-state index in [0.717, 1.165) is 0 Å². The largest absolute Gasteiger partial charge is 0.493 e. The number of halogens is 2. The van der Waals surface area contributed by atoms with Gasteiger partial charge in [0.05, 0.1) is 18.2 Å². The van der Waals surface area contributed by atoms with E-state index in [1.165, 1.54) is 13.2 Å². The molecule has 0 fully saturated rings. The average Bonchev–Trinajstić information content (AvgIpc) is 2.48. The summed E-state index contributed by atoms with van der Waals surface area (Å²) in [5.41, 5.74) is 1.30. The normalized spacial score (nSPS) is 10.4. The number of hydrogen-bond donors (Lipinski definition) is 1. The van der Waals surface area contributed by atoms with E-state index in [9.17, 15) is 9.50 Å². The second-order valence-electron chi connectivity index (χ2n) is 4.11. The van der Waals surface area contributed by atoms with E-state index in [4.69, 9.17) is 9.47 Å². The minimum absolute atomic E-state index is 0.156. The van der Waals surface area contributed by atoms with Gasteiger partial charge in [0.1, 0.15) is 12.4 Å². The summed E-state index contributed by atoms with van der Waals surface area (Å²) in [4.78, 5) is 0. The third-order valence-corrected chi connectivity index (χ3v) is 3.74. The van der Waals surface area contributed by atoms with Crippen LogP contribution in [0.1, 0.15) is 11.1 Å². The predicted octanol–water partition coefficient (Wildman–Crippen LogP) is 3.67. The topological polar surface area (TPSA) is 38.7 Å². The summed E-state index contributed by atoms with van der Waals surface area (Å²) in [6.45, 7) is 0.0164. The highest BCUT2D eigenvalue weighted by Crippen LogP contribution is 2.32. The first-order valence-electron chi connectivity index (χ1n) is 5.99. The molecule has 0 amide bonds. The molecule has 2 aromatic carbocycles. The Morgan fingerprint density at radius 3 is 2.55 bits per heavy atom. The maximum Gasteiger partial charge on any atom is 0.167 e. The molecule has 3 nitrogen and oxygen atoms in total. The van der Waals surface area contributed by atoms with Gasteiger partial charge < -0.3 is 14.6 Å². The third-order valence-electron chi connectivity index (χ3n) is 2.85. The monoisotopic (exact) mass is 340 g/mol. The lowest BCUT2D eigenvalue weighted by Gasteiger charge is -2.14. The summed E-state index contributed by atoms with van der Waals surface area (Å²) in [6, 6.07) is 10.0. The van der Waals surface area contributed by atoms with Gasteiger partial charge in [-0.3, -0.25) is 0 Å². The molecule has 0 spiro atoms. The van der Waals surface area contributed by atoms with Crippen molar-refractivity contribution in [3.05, 3.63) is 57.8 Å². The maximum atomic E-state index is 13.4. The van der Waals surface area contributed by atoms with Crippen molar-refractivity contribution >= 4 is 15.9 Å². The molecule has 0 aliphatic carbocycles. The molecule has 2 rings (SSSR count). The third kappa shape index (κ3) is 3.11. The van der Waals surface area contributed by atoms with E-state index in [1.54, 1.807) is 30.3 Å². The average molecular weight is 341 g/mol. The molecule has 0 aliphatic rings. The number of ether oxygens (including phenoxy) is 2. The summed E-state index contributed by atoms with van der Waals surface area (Å²) in [7, 11) is 1.53. The van der Waals surface area contributed by atoms with Crippen LogP contribution in [0, 0.1) is 5.82 Å². The summed E-state index contributed by atoms with van der Waals surface area (Å²) < 4.78 is 24.7. The summed E-state index contributed by atoms with van der Waals surface area (Å²) in [6.07, 6.45) is 0. The van der Waals surface area contributed by atoms with Crippen LogP contribution in [0.2, 0.25) is 0 Å². The summed E-state index contributed by atoms with van der Waals surface area (Å²) in [5, 5.41) is 9.33. The summed E-state index contributed by atoms with van der Waals surface area (Å²) >= 11 is 3.19. The zero-order valence-corrected chi connectivity index (χ0v) is 12.5. The molecule has 20 heavy (non-hydrogen) atoms. The van der Waals surface area contributed by atoms with Gasteiger partial charge in [-0.1, -0.05) is 24.3 Å². The van der Waals surface area contributed by atoms with Crippen LogP contribution in [0.3, 0.4) is 0 Å². The molecule has 106 valence electrons. The van der Waals surface area contributed by atoms with Crippen LogP contribution < -0.4 is 9.47 Å². The van der Waals surface area contributed by atoms with Crippen LogP contribution in [0.5, 0.6) is 11.5 Å². The number of rotatable bonds is 5. The quantitative estimate of drug-likeness (QED) is 0.902. The number of para-hydroxylation sites is 1. The van der Waals surface area contributed by atoms with Crippen LogP contribution in [0.25, 0.3) is 0 Å². The standard InChI is InChI=1S/C15H14BrFO3/c1-19-13-7-3-4-10(8-18)15(13)20-9-11-5-2-6-12(17)14(11)16/h2-7,18H,8-9H2,1H3. The van der Waals surface area contributed by atoms with Crippen molar-refractivity contribution in [2.45, 2.75) is 13.2 Å². The van der Waals surface area contributed by atoms with Gasteiger partial charge in [0, 0.05) is 11.1 Å². The Kier molecular flexibility index (Phi) is 4.98. The second-order valence-corrected chi connectivity index (χ2v) is 4.90. The molecular formula is C15H14BrFO3. The van der Waals surface area contributed by atoms with E-state index >= 15 is 0 Å². The lowest BCUT2D eigenvalue weighted by molar-refractivity contribution is 0.249. The maximum absolute atomic E-state index is 13.4. The SMILES string of the molecule is COc1cccc(CO)c1OCc1cccc(F)c1Br. The van der Waals surface area contributed by atoms with Gasteiger partial charge in [0.25, 0.3) is 0 Å². The van der Waals surface area contributed by atoms with E-state index in [-0.39, 0.29) is 19.0 Å². The van der Waals surface area contributed by atoms with E-state index in [1.807, 2.05) is 0 Å². The number of benzene rings is 2. The molecule has 1 N–H and O–H groups in total. The zero-order chi connectivity index (χ0) is 14.5. The zero-order valence-electron chi connectivity index (χ0n) is 10.9. The molecule has 0 aliphatic heterocycles. The molecule has 0 unspecified atom stereocenters. The fourth-order valence-corrected chi connectivity index (χ4v) is 2.20. The molecular weight excluding hydrogens is 327 g/mol. The van der Waals surface area contributed by atoms with Crippen molar-refractivity contribution < 1.29 is 19.0 Å². The Bertz CT molecular complexity index is 579. The van der Waals surface area contributed by atoms with Crippen molar-refractivity contribution in [1.29, 1.82) is 0 Å². The van der Waals surface area contributed by atoms with E-state index in [0.29, 0.717) is 27.1 Å². The van der Waals surface area contributed by atoms with Crippen LogP contribution in [-0.2, 0) is 13.2 Å². The van der Waals surface area contributed by atoms with Crippen molar-refractivity contribution in [1.82, 2.24) is 0 Å². The van der Waals surface area contributed by atoms with Gasteiger partial charge in [-0.15, -0.1) is 0 Å². The lowest BCUT2D eigenvalue weighted by atomic mass is 10.2.